The zero-order chi connectivity index (χ0) is 12.6. The highest BCUT2D eigenvalue weighted by atomic mass is 16.2. The zero-order valence-electron chi connectivity index (χ0n) is 10.6. The van der Waals surface area contributed by atoms with Crippen molar-refractivity contribution in [1.29, 1.82) is 0 Å². The lowest BCUT2D eigenvalue weighted by Crippen LogP contribution is -2.45. The summed E-state index contributed by atoms with van der Waals surface area (Å²) >= 11 is 0. The van der Waals surface area contributed by atoms with Crippen molar-refractivity contribution in [2.75, 3.05) is 13.1 Å². The van der Waals surface area contributed by atoms with Gasteiger partial charge in [-0.3, -0.25) is 9.59 Å². The van der Waals surface area contributed by atoms with Gasteiger partial charge in [0.15, 0.2) is 0 Å². The van der Waals surface area contributed by atoms with E-state index < -0.39 is 6.04 Å². The summed E-state index contributed by atoms with van der Waals surface area (Å²) in [5.74, 6) is 0.124. The highest BCUT2D eigenvalue weighted by Gasteiger charge is 2.39. The Morgan fingerprint density at radius 2 is 1.94 bits per heavy atom. The number of amides is 2. The average Bonchev–Trinajstić information content (AvgIpc) is 2.94. The van der Waals surface area contributed by atoms with Gasteiger partial charge in [0.05, 0.1) is 12.1 Å². The Morgan fingerprint density at radius 3 is 2.41 bits per heavy atom. The van der Waals surface area contributed by atoms with Crippen LogP contribution in [-0.2, 0) is 9.59 Å². The fourth-order valence-corrected chi connectivity index (χ4v) is 2.62. The van der Waals surface area contributed by atoms with E-state index in [9.17, 15) is 9.59 Å². The molecule has 0 aromatic carbocycles. The summed E-state index contributed by atoms with van der Waals surface area (Å²) in [6, 6.07) is 0.172. The molecule has 0 radical (unpaired) electrons. The van der Waals surface area contributed by atoms with Crippen molar-refractivity contribution in [3.63, 3.8) is 0 Å². The number of hydrogen-bond donors (Lipinski definition) is 1. The van der Waals surface area contributed by atoms with Crippen LogP contribution in [-0.4, -0.2) is 52.8 Å². The largest absolute Gasteiger partial charge is 0.339 e. The molecule has 96 valence electrons. The van der Waals surface area contributed by atoms with Crippen LogP contribution in [0.5, 0.6) is 0 Å². The van der Waals surface area contributed by atoms with Crippen LogP contribution in [0.4, 0.5) is 0 Å². The third-order valence-corrected chi connectivity index (χ3v) is 3.56. The third-order valence-electron chi connectivity index (χ3n) is 3.56. The normalized spacial score (nSPS) is 25.8. The van der Waals surface area contributed by atoms with Gasteiger partial charge in [0.1, 0.15) is 0 Å². The molecule has 2 unspecified atom stereocenters. The maximum Gasteiger partial charge on any atom is 0.239 e. The minimum atomic E-state index is -0.444. The maximum absolute atomic E-state index is 11.8. The Kier molecular flexibility index (Phi) is 3.38. The van der Waals surface area contributed by atoms with Crippen LogP contribution in [0.15, 0.2) is 0 Å². The van der Waals surface area contributed by atoms with Crippen molar-refractivity contribution in [3.05, 3.63) is 0 Å². The molecule has 2 amide bonds. The Labute approximate surface area is 102 Å². The first-order chi connectivity index (χ1) is 8.00. The highest BCUT2D eigenvalue weighted by molar-refractivity contribution is 5.81. The summed E-state index contributed by atoms with van der Waals surface area (Å²) in [5, 5.41) is 0. The summed E-state index contributed by atoms with van der Waals surface area (Å²) in [6.07, 6.45) is 3.10. The minimum Gasteiger partial charge on any atom is -0.339 e. The molecular weight excluding hydrogens is 218 g/mol. The summed E-state index contributed by atoms with van der Waals surface area (Å²) < 4.78 is 0. The number of nitrogens with zero attached hydrogens (tertiary/aromatic N) is 2. The summed E-state index contributed by atoms with van der Waals surface area (Å²) in [5.41, 5.74) is 5.60. The average molecular weight is 239 g/mol. The van der Waals surface area contributed by atoms with Crippen LogP contribution < -0.4 is 5.73 Å². The van der Waals surface area contributed by atoms with Gasteiger partial charge in [0.2, 0.25) is 11.8 Å². The quantitative estimate of drug-likeness (QED) is 0.750. The smallest absolute Gasteiger partial charge is 0.239 e. The standard InChI is InChI=1S/C12H21N3O2/c1-8(13)12(17)14-6-5-11(7-14)15(9(2)16)10-3-4-10/h8,10-11H,3-7,13H2,1-2H3. The van der Waals surface area contributed by atoms with Crippen LogP contribution in [0.1, 0.15) is 33.1 Å². The molecule has 2 rings (SSSR count). The Bertz CT molecular complexity index is 326. The predicted octanol–water partition coefficient (Wildman–Crippen LogP) is -0.0546. The first kappa shape index (κ1) is 12.4. The highest BCUT2D eigenvalue weighted by Crippen LogP contribution is 2.31. The summed E-state index contributed by atoms with van der Waals surface area (Å²) in [4.78, 5) is 27.1. The molecule has 2 aliphatic rings. The van der Waals surface area contributed by atoms with Crippen molar-refractivity contribution in [1.82, 2.24) is 9.80 Å². The SMILES string of the molecule is CC(=O)N(C1CC1)C1CCN(C(=O)C(C)N)C1. The van der Waals surface area contributed by atoms with Crippen molar-refractivity contribution in [2.45, 2.75) is 51.2 Å². The molecule has 1 heterocycles. The van der Waals surface area contributed by atoms with Crippen LogP contribution in [0.2, 0.25) is 0 Å². The van der Waals surface area contributed by atoms with Gasteiger partial charge in [-0.05, 0) is 26.2 Å². The molecule has 1 aliphatic heterocycles. The molecule has 0 bridgehead atoms. The second-order valence-electron chi connectivity index (χ2n) is 5.17. The molecule has 17 heavy (non-hydrogen) atoms. The maximum atomic E-state index is 11.8. The first-order valence-corrected chi connectivity index (χ1v) is 6.34. The molecule has 2 atom stereocenters. The van der Waals surface area contributed by atoms with Gasteiger partial charge in [-0.1, -0.05) is 0 Å². The number of hydrogen-bond acceptors (Lipinski definition) is 3. The molecule has 0 spiro atoms. The molecule has 2 fully saturated rings. The summed E-state index contributed by atoms with van der Waals surface area (Å²) in [6.45, 7) is 4.70. The Morgan fingerprint density at radius 1 is 1.29 bits per heavy atom. The van der Waals surface area contributed by atoms with E-state index in [1.165, 1.54) is 0 Å². The van der Waals surface area contributed by atoms with Gasteiger partial charge in [0, 0.05) is 26.1 Å². The van der Waals surface area contributed by atoms with Crippen LogP contribution in [0.25, 0.3) is 0 Å². The monoisotopic (exact) mass is 239 g/mol. The van der Waals surface area contributed by atoms with Crippen LogP contribution >= 0.6 is 0 Å². The fourth-order valence-electron chi connectivity index (χ4n) is 2.62. The van der Waals surface area contributed by atoms with E-state index in [0.717, 1.165) is 25.8 Å². The molecule has 1 saturated carbocycles. The number of carbonyl (C=O) groups is 2. The van der Waals surface area contributed by atoms with E-state index in [1.807, 2.05) is 4.90 Å². The van der Waals surface area contributed by atoms with Gasteiger partial charge in [0.25, 0.3) is 0 Å². The van der Waals surface area contributed by atoms with Gasteiger partial charge in [-0.15, -0.1) is 0 Å². The molecule has 0 aromatic rings. The lowest BCUT2D eigenvalue weighted by Gasteiger charge is -2.28. The van der Waals surface area contributed by atoms with Gasteiger partial charge < -0.3 is 15.5 Å². The van der Waals surface area contributed by atoms with E-state index in [-0.39, 0.29) is 17.9 Å². The molecule has 1 saturated heterocycles. The van der Waals surface area contributed by atoms with E-state index in [1.54, 1.807) is 18.7 Å². The number of likely N-dealkylation sites (tertiary alicyclic amines) is 1. The van der Waals surface area contributed by atoms with E-state index in [4.69, 9.17) is 5.73 Å². The Balaban J connectivity index is 1.96. The molecule has 1 aliphatic carbocycles. The zero-order valence-corrected chi connectivity index (χ0v) is 10.6. The lowest BCUT2D eigenvalue weighted by atomic mass is 10.2. The van der Waals surface area contributed by atoms with E-state index in [2.05, 4.69) is 0 Å². The molecule has 5 nitrogen and oxygen atoms in total. The predicted molar refractivity (Wildman–Crippen MR) is 64.2 cm³/mol. The van der Waals surface area contributed by atoms with Crippen molar-refractivity contribution in [3.8, 4) is 0 Å². The lowest BCUT2D eigenvalue weighted by molar-refractivity contribution is -0.134. The van der Waals surface area contributed by atoms with E-state index in [0.29, 0.717) is 12.6 Å². The van der Waals surface area contributed by atoms with Crippen molar-refractivity contribution < 1.29 is 9.59 Å². The van der Waals surface area contributed by atoms with Gasteiger partial charge >= 0.3 is 0 Å². The second-order valence-corrected chi connectivity index (χ2v) is 5.17. The Hall–Kier alpha value is -1.10. The minimum absolute atomic E-state index is 0.00759. The molecular formula is C12H21N3O2. The van der Waals surface area contributed by atoms with Gasteiger partial charge in [-0.2, -0.15) is 0 Å². The number of nitrogens with two attached hydrogens (primary N) is 1. The van der Waals surface area contributed by atoms with Crippen LogP contribution in [0, 0.1) is 0 Å². The summed E-state index contributed by atoms with van der Waals surface area (Å²) in [7, 11) is 0. The number of carbonyl (C=O) groups excluding carboxylic acids is 2. The molecule has 5 heteroatoms. The molecule has 2 N–H and O–H groups in total. The van der Waals surface area contributed by atoms with Crippen molar-refractivity contribution >= 4 is 11.8 Å². The first-order valence-electron chi connectivity index (χ1n) is 6.34. The fraction of sp³-hybridized carbons (Fsp3) is 0.833. The van der Waals surface area contributed by atoms with Crippen LogP contribution in [0.3, 0.4) is 0 Å². The third kappa shape index (κ3) is 2.60. The topological polar surface area (TPSA) is 66.6 Å². The van der Waals surface area contributed by atoms with E-state index >= 15 is 0 Å². The number of rotatable bonds is 3. The second kappa shape index (κ2) is 4.64. The van der Waals surface area contributed by atoms with Crippen molar-refractivity contribution in [2.24, 2.45) is 5.73 Å². The van der Waals surface area contributed by atoms with Gasteiger partial charge in [-0.25, -0.2) is 0 Å². The molecule has 0 aromatic heterocycles.